The lowest BCUT2D eigenvalue weighted by atomic mass is 10.1. The molecule has 2 N–H and O–H groups in total. The normalized spacial score (nSPS) is 10.2. The molecule has 0 aromatic heterocycles. The Morgan fingerprint density at radius 1 is 1.38 bits per heavy atom. The second-order valence-corrected chi connectivity index (χ2v) is 5.57. The molecule has 0 aliphatic carbocycles. The number of methoxy groups -OCH3 is 1. The summed E-state index contributed by atoms with van der Waals surface area (Å²) in [5, 5.41) is 13.5. The first-order valence-corrected chi connectivity index (χ1v) is 7.28. The number of anilines is 1. The van der Waals surface area contributed by atoms with Gasteiger partial charge in [-0.3, -0.25) is 0 Å². The molecule has 0 radical (unpaired) electrons. The molecule has 6 heteroatoms. The summed E-state index contributed by atoms with van der Waals surface area (Å²) < 4.78 is 5.34. The highest BCUT2D eigenvalue weighted by atomic mass is 79.9. The van der Waals surface area contributed by atoms with Gasteiger partial charge in [0.05, 0.1) is 22.8 Å². The summed E-state index contributed by atoms with van der Waals surface area (Å²) in [6.07, 6.45) is 0. The quantitative estimate of drug-likeness (QED) is 0.792. The van der Waals surface area contributed by atoms with Crippen LogP contribution in [0, 0.1) is 0 Å². The first-order chi connectivity index (χ1) is 10.0. The Hall–Kier alpha value is -1.72. The van der Waals surface area contributed by atoms with Crippen molar-refractivity contribution in [1.82, 2.24) is 0 Å². The lowest BCUT2D eigenvalue weighted by Crippen LogP contribution is -2.08. The number of nitrogens with one attached hydrogen (secondary N) is 1. The summed E-state index contributed by atoms with van der Waals surface area (Å²) >= 11 is 9.21. The first kappa shape index (κ1) is 15.7. The lowest BCUT2D eigenvalue weighted by molar-refractivity contribution is 0.0602. The molecule has 21 heavy (non-hydrogen) atoms. The average Bonchev–Trinajstić information content (AvgIpc) is 2.48. The number of phenols is 1. The molecule has 0 saturated heterocycles. The number of carbonyl (C=O) groups excluding carboxylic acids is 1. The van der Waals surface area contributed by atoms with Gasteiger partial charge in [0.1, 0.15) is 5.75 Å². The summed E-state index contributed by atoms with van der Waals surface area (Å²) in [5.74, 6) is -0.292. The van der Waals surface area contributed by atoms with Gasteiger partial charge in [-0.2, -0.15) is 0 Å². The Labute approximate surface area is 135 Å². The van der Waals surface area contributed by atoms with E-state index >= 15 is 0 Å². The van der Waals surface area contributed by atoms with Crippen molar-refractivity contribution >= 4 is 39.2 Å². The van der Waals surface area contributed by atoms with Gasteiger partial charge < -0.3 is 15.2 Å². The molecule has 0 unspecified atom stereocenters. The topological polar surface area (TPSA) is 58.6 Å². The summed E-state index contributed by atoms with van der Waals surface area (Å²) in [5.41, 5.74) is 1.63. The highest BCUT2D eigenvalue weighted by molar-refractivity contribution is 9.10. The number of phenolic OH excluding ortho intramolecular Hbond substituents is 1. The molecule has 2 rings (SSSR count). The molecule has 0 fully saturated rings. The van der Waals surface area contributed by atoms with Crippen LogP contribution in [0.3, 0.4) is 0 Å². The zero-order chi connectivity index (χ0) is 15.4. The third kappa shape index (κ3) is 3.68. The highest BCUT2D eigenvalue weighted by Gasteiger charge is 2.13. The number of benzene rings is 2. The first-order valence-electron chi connectivity index (χ1n) is 6.11. The Balaban J connectivity index is 2.25. The van der Waals surface area contributed by atoms with Crippen LogP contribution in [0.2, 0.25) is 5.02 Å². The molecule has 0 aliphatic heterocycles. The summed E-state index contributed by atoms with van der Waals surface area (Å²) in [7, 11) is 1.32. The number of hydrogen-bond donors (Lipinski definition) is 2. The Morgan fingerprint density at radius 2 is 2.14 bits per heavy atom. The van der Waals surface area contributed by atoms with Gasteiger partial charge in [-0.1, -0.05) is 23.7 Å². The molecule has 0 bridgehead atoms. The summed E-state index contributed by atoms with van der Waals surface area (Å²) in [4.78, 5) is 11.7. The van der Waals surface area contributed by atoms with Gasteiger partial charge in [-0.15, -0.1) is 0 Å². The number of rotatable bonds is 4. The van der Waals surface area contributed by atoms with Crippen molar-refractivity contribution in [3.8, 4) is 5.75 Å². The van der Waals surface area contributed by atoms with Crippen molar-refractivity contribution in [3.05, 3.63) is 57.0 Å². The van der Waals surface area contributed by atoms with E-state index in [2.05, 4.69) is 21.2 Å². The number of aromatic hydroxyl groups is 1. The van der Waals surface area contributed by atoms with Gasteiger partial charge >= 0.3 is 5.97 Å². The molecule has 4 nitrogen and oxygen atoms in total. The van der Waals surface area contributed by atoms with Crippen LogP contribution in [0.25, 0.3) is 0 Å². The number of hydrogen-bond acceptors (Lipinski definition) is 4. The molecule has 0 aliphatic rings. The van der Waals surface area contributed by atoms with Gasteiger partial charge in [0.2, 0.25) is 0 Å². The fraction of sp³-hybridized carbons (Fsp3) is 0.133. The van der Waals surface area contributed by atoms with Crippen LogP contribution in [0.4, 0.5) is 5.69 Å². The number of esters is 1. The van der Waals surface area contributed by atoms with Crippen LogP contribution in [-0.2, 0) is 11.3 Å². The van der Waals surface area contributed by atoms with Crippen molar-refractivity contribution in [1.29, 1.82) is 0 Å². The largest absolute Gasteiger partial charge is 0.506 e. The number of halogens is 2. The van der Waals surface area contributed by atoms with Crippen molar-refractivity contribution in [3.63, 3.8) is 0 Å². The fourth-order valence-corrected chi connectivity index (χ4v) is 2.42. The van der Waals surface area contributed by atoms with E-state index in [0.717, 1.165) is 0 Å². The molecule has 2 aromatic carbocycles. The Bertz CT molecular complexity index is 676. The monoisotopic (exact) mass is 369 g/mol. The maximum Gasteiger partial charge on any atom is 0.339 e. The standard InChI is InChI=1S/C15H13BrClNO3/c1-21-15(20)11-6-5-10(17)7-13(11)18-8-9-3-2-4-12(16)14(9)19/h2-7,18-19H,8H2,1H3. The van der Waals surface area contributed by atoms with Gasteiger partial charge in [0.25, 0.3) is 0 Å². The third-order valence-corrected chi connectivity index (χ3v) is 3.80. The second kappa shape index (κ2) is 6.83. The van der Waals surface area contributed by atoms with E-state index < -0.39 is 5.97 Å². The van der Waals surface area contributed by atoms with E-state index in [-0.39, 0.29) is 5.75 Å². The van der Waals surface area contributed by atoms with Crippen molar-refractivity contribution in [2.75, 3.05) is 12.4 Å². The van der Waals surface area contributed by atoms with Gasteiger partial charge in [-0.05, 0) is 40.2 Å². The predicted molar refractivity (Wildman–Crippen MR) is 85.9 cm³/mol. The van der Waals surface area contributed by atoms with Crippen molar-refractivity contribution in [2.45, 2.75) is 6.54 Å². The van der Waals surface area contributed by atoms with Gasteiger partial charge in [0, 0.05) is 17.1 Å². The molecular formula is C15H13BrClNO3. The highest BCUT2D eigenvalue weighted by Crippen LogP contribution is 2.29. The second-order valence-electron chi connectivity index (χ2n) is 4.28. The van der Waals surface area contributed by atoms with Crippen LogP contribution < -0.4 is 5.32 Å². The van der Waals surface area contributed by atoms with Gasteiger partial charge in [0.15, 0.2) is 0 Å². The van der Waals surface area contributed by atoms with E-state index in [0.29, 0.717) is 32.9 Å². The maximum absolute atomic E-state index is 11.7. The van der Waals surface area contributed by atoms with Gasteiger partial charge in [-0.25, -0.2) is 4.79 Å². The van der Waals surface area contributed by atoms with E-state index in [4.69, 9.17) is 16.3 Å². The fourth-order valence-electron chi connectivity index (χ4n) is 1.84. The SMILES string of the molecule is COC(=O)c1ccc(Cl)cc1NCc1cccc(Br)c1O. The third-order valence-electron chi connectivity index (χ3n) is 2.93. The number of carbonyl (C=O) groups is 1. The minimum Gasteiger partial charge on any atom is -0.506 e. The van der Waals surface area contributed by atoms with E-state index in [1.807, 2.05) is 6.07 Å². The summed E-state index contributed by atoms with van der Waals surface area (Å²) in [6, 6.07) is 10.2. The molecule has 0 spiro atoms. The van der Waals surface area contributed by atoms with Crippen molar-refractivity contribution < 1.29 is 14.6 Å². The Morgan fingerprint density at radius 3 is 2.86 bits per heavy atom. The minimum absolute atomic E-state index is 0.159. The van der Waals surface area contributed by atoms with Crippen LogP contribution in [-0.4, -0.2) is 18.2 Å². The minimum atomic E-state index is -0.451. The van der Waals surface area contributed by atoms with E-state index in [1.54, 1.807) is 30.3 Å². The molecule has 0 heterocycles. The molecule has 0 atom stereocenters. The molecule has 110 valence electrons. The van der Waals surface area contributed by atoms with Crippen molar-refractivity contribution in [2.24, 2.45) is 0 Å². The number of ether oxygens (including phenoxy) is 1. The molecule has 2 aromatic rings. The lowest BCUT2D eigenvalue weighted by Gasteiger charge is -2.12. The molecule has 0 saturated carbocycles. The number of para-hydroxylation sites is 1. The molecule has 0 amide bonds. The van der Waals surface area contributed by atoms with Crippen LogP contribution in [0.1, 0.15) is 15.9 Å². The van der Waals surface area contributed by atoms with Crippen LogP contribution in [0.5, 0.6) is 5.75 Å². The average molecular weight is 371 g/mol. The maximum atomic E-state index is 11.7. The van der Waals surface area contributed by atoms with E-state index in [9.17, 15) is 9.90 Å². The van der Waals surface area contributed by atoms with Crippen LogP contribution in [0.15, 0.2) is 40.9 Å². The molecular weight excluding hydrogens is 358 g/mol. The smallest absolute Gasteiger partial charge is 0.339 e. The summed E-state index contributed by atoms with van der Waals surface area (Å²) in [6.45, 7) is 0.343. The zero-order valence-electron chi connectivity index (χ0n) is 11.2. The van der Waals surface area contributed by atoms with E-state index in [1.165, 1.54) is 7.11 Å². The predicted octanol–water partition coefficient (Wildman–Crippen LogP) is 4.21. The Kier molecular flexibility index (Phi) is 5.09. The zero-order valence-corrected chi connectivity index (χ0v) is 13.5. The van der Waals surface area contributed by atoms with Crippen LogP contribution >= 0.6 is 27.5 Å².